The van der Waals surface area contributed by atoms with Gasteiger partial charge in [0.05, 0.1) is 17.8 Å². The number of benzene rings is 1. The van der Waals surface area contributed by atoms with E-state index in [0.717, 1.165) is 42.8 Å². The van der Waals surface area contributed by atoms with Crippen molar-refractivity contribution < 1.29 is 4.79 Å². The van der Waals surface area contributed by atoms with Crippen LogP contribution in [0.4, 0.5) is 5.69 Å². The van der Waals surface area contributed by atoms with E-state index in [1.54, 1.807) is 0 Å². The lowest BCUT2D eigenvalue weighted by Crippen LogP contribution is -2.51. The minimum Gasteiger partial charge on any atom is -0.325 e. The molecule has 130 valence electrons. The molecule has 6 nitrogen and oxygen atoms in total. The van der Waals surface area contributed by atoms with Crippen molar-refractivity contribution in [2.24, 2.45) is 0 Å². The first-order valence-electron chi connectivity index (χ1n) is 8.66. The normalized spacial score (nSPS) is 18.2. The van der Waals surface area contributed by atoms with Crippen molar-refractivity contribution in [1.29, 1.82) is 0 Å². The summed E-state index contributed by atoms with van der Waals surface area (Å²) in [6.07, 6.45) is 1.87. The number of nitrogens with zero attached hydrogens (tertiary/aromatic N) is 4. The van der Waals surface area contributed by atoms with Gasteiger partial charge in [0.2, 0.25) is 5.91 Å². The smallest absolute Gasteiger partial charge is 0.241 e. The van der Waals surface area contributed by atoms with Gasteiger partial charge in [-0.2, -0.15) is 5.10 Å². The van der Waals surface area contributed by atoms with Crippen LogP contribution >= 0.6 is 0 Å². The minimum atomic E-state index is -0.121. The third-order valence-corrected chi connectivity index (χ3v) is 4.82. The van der Waals surface area contributed by atoms with Crippen molar-refractivity contribution in [2.75, 3.05) is 38.5 Å². The highest BCUT2D eigenvalue weighted by Gasteiger charge is 2.24. The lowest BCUT2D eigenvalue weighted by atomic mass is 10.2. The lowest BCUT2D eigenvalue weighted by Gasteiger charge is -2.35. The van der Waals surface area contributed by atoms with E-state index in [1.165, 1.54) is 0 Å². The Morgan fingerprint density at radius 2 is 1.88 bits per heavy atom. The largest absolute Gasteiger partial charge is 0.325 e. The van der Waals surface area contributed by atoms with E-state index in [1.807, 2.05) is 36.0 Å². The predicted octanol–water partition coefficient (Wildman–Crippen LogP) is 2.19. The van der Waals surface area contributed by atoms with Gasteiger partial charge < -0.3 is 10.2 Å². The summed E-state index contributed by atoms with van der Waals surface area (Å²) in [4.78, 5) is 17.1. The molecule has 6 heteroatoms. The molecule has 1 saturated heterocycles. The van der Waals surface area contributed by atoms with Crippen LogP contribution in [0, 0.1) is 0 Å². The van der Waals surface area contributed by atoms with Crippen molar-refractivity contribution in [3.05, 3.63) is 24.4 Å². The number of anilines is 1. The van der Waals surface area contributed by atoms with Gasteiger partial charge in [-0.1, -0.05) is 0 Å². The highest BCUT2D eigenvalue weighted by molar-refractivity contribution is 5.96. The monoisotopic (exact) mass is 329 g/mol. The number of nitrogens with one attached hydrogen (secondary N) is 1. The second kappa shape index (κ2) is 6.91. The van der Waals surface area contributed by atoms with E-state index in [2.05, 4.69) is 41.1 Å². The number of hydrogen-bond acceptors (Lipinski definition) is 4. The average molecular weight is 329 g/mol. The van der Waals surface area contributed by atoms with Gasteiger partial charge >= 0.3 is 0 Å². The van der Waals surface area contributed by atoms with E-state index in [4.69, 9.17) is 0 Å². The molecule has 0 bridgehead atoms. The molecule has 3 rings (SSSR count). The van der Waals surface area contributed by atoms with Gasteiger partial charge in [0.25, 0.3) is 0 Å². The topological polar surface area (TPSA) is 53.4 Å². The van der Waals surface area contributed by atoms with Crippen LogP contribution in [0.2, 0.25) is 0 Å². The number of fused-ring (bicyclic) bond motifs is 1. The summed E-state index contributed by atoms with van der Waals surface area (Å²) in [5, 5.41) is 8.58. The van der Waals surface area contributed by atoms with E-state index in [0.29, 0.717) is 0 Å². The number of aromatic nitrogens is 2. The van der Waals surface area contributed by atoms with Crippen LogP contribution in [0.3, 0.4) is 0 Å². The molecule has 0 spiro atoms. The molecule has 1 aromatic heterocycles. The summed E-state index contributed by atoms with van der Waals surface area (Å²) in [6, 6.07) is 6.14. The Morgan fingerprint density at radius 1 is 1.17 bits per heavy atom. The molecule has 1 fully saturated rings. The van der Waals surface area contributed by atoms with Crippen molar-refractivity contribution in [3.63, 3.8) is 0 Å². The molecular formula is C18H27N5O. The van der Waals surface area contributed by atoms with E-state index < -0.39 is 0 Å². The van der Waals surface area contributed by atoms with Crippen LogP contribution in [-0.4, -0.2) is 64.8 Å². The summed E-state index contributed by atoms with van der Waals surface area (Å²) < 4.78 is 1.98. The molecule has 2 heterocycles. The number of likely N-dealkylation sites (N-methyl/N-ethyl adjacent to an activating group) is 1. The summed E-state index contributed by atoms with van der Waals surface area (Å²) in [7, 11) is 2.12. The van der Waals surface area contributed by atoms with Gasteiger partial charge in [-0.05, 0) is 46.0 Å². The first kappa shape index (κ1) is 16.9. The molecule has 1 aliphatic heterocycles. The second-order valence-electron chi connectivity index (χ2n) is 6.96. The van der Waals surface area contributed by atoms with Crippen LogP contribution in [-0.2, 0) is 4.79 Å². The summed E-state index contributed by atoms with van der Waals surface area (Å²) >= 11 is 0. The molecular weight excluding hydrogens is 302 g/mol. The Bertz CT molecular complexity index is 715. The fourth-order valence-electron chi connectivity index (χ4n) is 3.15. The van der Waals surface area contributed by atoms with Gasteiger partial charge in [0.1, 0.15) is 0 Å². The quantitative estimate of drug-likeness (QED) is 0.934. The molecule has 1 aliphatic rings. The van der Waals surface area contributed by atoms with Crippen molar-refractivity contribution >= 4 is 22.5 Å². The van der Waals surface area contributed by atoms with Crippen molar-refractivity contribution in [3.8, 4) is 0 Å². The Kier molecular flexibility index (Phi) is 4.87. The van der Waals surface area contributed by atoms with Crippen molar-refractivity contribution in [1.82, 2.24) is 19.6 Å². The Hall–Kier alpha value is -1.92. The SMILES string of the molecule is CC(C)n1ncc2ccc(NC(=O)[C@H](C)N3CCN(C)CC3)cc21. The van der Waals surface area contributed by atoms with Crippen LogP contribution in [0.25, 0.3) is 10.9 Å². The highest BCUT2D eigenvalue weighted by atomic mass is 16.2. The molecule has 1 N–H and O–H groups in total. The first-order valence-corrected chi connectivity index (χ1v) is 8.66. The summed E-state index contributed by atoms with van der Waals surface area (Å²) in [5.74, 6) is 0.0505. The molecule has 0 aliphatic carbocycles. The number of piperazine rings is 1. The first-order chi connectivity index (χ1) is 11.5. The molecule has 2 aromatic rings. The fraction of sp³-hybridized carbons (Fsp3) is 0.556. The number of amides is 1. The molecule has 24 heavy (non-hydrogen) atoms. The average Bonchev–Trinajstić information content (AvgIpc) is 2.98. The van der Waals surface area contributed by atoms with Crippen LogP contribution in [0.15, 0.2) is 24.4 Å². The molecule has 1 aromatic carbocycles. The van der Waals surface area contributed by atoms with E-state index in [9.17, 15) is 4.79 Å². The predicted molar refractivity (Wildman–Crippen MR) is 97.3 cm³/mol. The van der Waals surface area contributed by atoms with Gasteiger partial charge in [0.15, 0.2) is 0 Å². The van der Waals surface area contributed by atoms with Crippen LogP contribution < -0.4 is 5.32 Å². The standard InChI is InChI=1S/C18H27N5O/c1-13(2)23-17-11-16(6-5-15(17)12-19-23)20-18(24)14(3)22-9-7-21(4)8-10-22/h5-6,11-14H,7-10H2,1-4H3,(H,20,24)/t14-/m0/s1. The van der Waals surface area contributed by atoms with Gasteiger partial charge in [-0.3, -0.25) is 14.4 Å². The van der Waals surface area contributed by atoms with Gasteiger partial charge in [0, 0.05) is 43.3 Å². The maximum Gasteiger partial charge on any atom is 0.241 e. The third kappa shape index (κ3) is 3.44. The zero-order chi connectivity index (χ0) is 17.3. The minimum absolute atomic E-state index is 0.0505. The third-order valence-electron chi connectivity index (χ3n) is 4.82. The molecule has 0 saturated carbocycles. The summed E-state index contributed by atoms with van der Waals surface area (Å²) in [6.45, 7) is 10.1. The number of hydrogen-bond donors (Lipinski definition) is 1. The highest BCUT2D eigenvalue weighted by Crippen LogP contribution is 2.22. The Morgan fingerprint density at radius 3 is 2.54 bits per heavy atom. The van der Waals surface area contributed by atoms with Crippen LogP contribution in [0.5, 0.6) is 0 Å². The Balaban J connectivity index is 1.71. The van der Waals surface area contributed by atoms with Gasteiger partial charge in [-0.15, -0.1) is 0 Å². The van der Waals surface area contributed by atoms with Crippen LogP contribution in [0.1, 0.15) is 26.8 Å². The Labute approximate surface area is 143 Å². The molecule has 1 amide bonds. The zero-order valence-electron chi connectivity index (χ0n) is 15.0. The molecule has 0 unspecified atom stereocenters. The maximum atomic E-state index is 12.6. The number of carbonyl (C=O) groups is 1. The molecule has 1 atom stereocenters. The molecule has 0 radical (unpaired) electrons. The lowest BCUT2D eigenvalue weighted by molar-refractivity contribution is -0.121. The number of rotatable bonds is 4. The fourth-order valence-corrected chi connectivity index (χ4v) is 3.15. The summed E-state index contributed by atoms with van der Waals surface area (Å²) in [5.41, 5.74) is 1.88. The maximum absolute atomic E-state index is 12.6. The zero-order valence-corrected chi connectivity index (χ0v) is 15.0. The van der Waals surface area contributed by atoms with Crippen molar-refractivity contribution in [2.45, 2.75) is 32.9 Å². The van der Waals surface area contributed by atoms with E-state index in [-0.39, 0.29) is 18.0 Å². The second-order valence-corrected chi connectivity index (χ2v) is 6.96. The van der Waals surface area contributed by atoms with Gasteiger partial charge in [-0.25, -0.2) is 0 Å². The number of carbonyl (C=O) groups excluding carboxylic acids is 1. The van der Waals surface area contributed by atoms with E-state index >= 15 is 0 Å².